The number of aliphatic carboxylic acids is 1. The summed E-state index contributed by atoms with van der Waals surface area (Å²) in [5.41, 5.74) is 0.0395. The molecule has 22 heavy (non-hydrogen) atoms. The van der Waals surface area contributed by atoms with Crippen molar-refractivity contribution in [2.24, 2.45) is 5.41 Å². The van der Waals surface area contributed by atoms with Crippen LogP contribution in [0.25, 0.3) is 11.4 Å². The number of rotatable bonds is 6. The number of tetrazole rings is 1. The molecular formula is C14H15N5O3. The van der Waals surface area contributed by atoms with Crippen LogP contribution in [0.3, 0.4) is 0 Å². The van der Waals surface area contributed by atoms with Crippen LogP contribution in [0.2, 0.25) is 0 Å². The third kappa shape index (κ3) is 2.95. The SMILES string of the molecule is O=C(Cn1nnc(-c2ccccc2)n1)NCC1(C(=O)O)CC1. The summed E-state index contributed by atoms with van der Waals surface area (Å²) in [6.45, 7) is 0.0525. The van der Waals surface area contributed by atoms with E-state index in [-0.39, 0.29) is 19.0 Å². The molecule has 0 saturated heterocycles. The van der Waals surface area contributed by atoms with Crippen molar-refractivity contribution in [1.29, 1.82) is 0 Å². The van der Waals surface area contributed by atoms with Crippen molar-refractivity contribution < 1.29 is 14.7 Å². The molecule has 0 bridgehead atoms. The van der Waals surface area contributed by atoms with Crippen LogP contribution in [-0.4, -0.2) is 43.7 Å². The van der Waals surface area contributed by atoms with Crippen LogP contribution in [0.1, 0.15) is 12.8 Å². The lowest BCUT2D eigenvalue weighted by Gasteiger charge is -2.10. The van der Waals surface area contributed by atoms with E-state index in [1.807, 2.05) is 30.3 Å². The van der Waals surface area contributed by atoms with Crippen molar-refractivity contribution in [2.75, 3.05) is 6.54 Å². The number of carboxylic acids is 1. The number of carbonyl (C=O) groups excluding carboxylic acids is 1. The summed E-state index contributed by atoms with van der Waals surface area (Å²) in [5, 5.41) is 23.5. The van der Waals surface area contributed by atoms with Crippen molar-refractivity contribution in [3.8, 4) is 11.4 Å². The highest BCUT2D eigenvalue weighted by Gasteiger charge is 2.50. The van der Waals surface area contributed by atoms with Crippen molar-refractivity contribution >= 4 is 11.9 Å². The van der Waals surface area contributed by atoms with Crippen molar-refractivity contribution in [1.82, 2.24) is 25.5 Å². The number of hydrogen-bond donors (Lipinski definition) is 2. The molecule has 1 fully saturated rings. The zero-order valence-electron chi connectivity index (χ0n) is 11.8. The number of hydrogen-bond acceptors (Lipinski definition) is 5. The number of aromatic nitrogens is 4. The number of nitrogens with zero attached hydrogens (tertiary/aromatic N) is 4. The molecule has 0 spiro atoms. The predicted octanol–water partition coefficient (Wildman–Crippen LogP) is 0.321. The highest BCUT2D eigenvalue weighted by atomic mass is 16.4. The monoisotopic (exact) mass is 301 g/mol. The molecule has 0 atom stereocenters. The van der Waals surface area contributed by atoms with E-state index in [2.05, 4.69) is 20.7 Å². The fraction of sp³-hybridized carbons (Fsp3) is 0.357. The van der Waals surface area contributed by atoms with Gasteiger partial charge in [-0.2, -0.15) is 4.80 Å². The van der Waals surface area contributed by atoms with E-state index in [0.29, 0.717) is 18.7 Å². The minimum Gasteiger partial charge on any atom is -0.481 e. The van der Waals surface area contributed by atoms with Crippen LogP contribution in [0, 0.1) is 5.41 Å². The Kier molecular flexibility index (Phi) is 3.58. The number of carbonyl (C=O) groups is 2. The smallest absolute Gasteiger partial charge is 0.311 e. The van der Waals surface area contributed by atoms with Gasteiger partial charge in [-0.15, -0.1) is 10.2 Å². The van der Waals surface area contributed by atoms with E-state index in [1.165, 1.54) is 4.80 Å². The first-order valence-electron chi connectivity index (χ1n) is 6.92. The maximum Gasteiger partial charge on any atom is 0.311 e. The normalized spacial score (nSPS) is 15.3. The van der Waals surface area contributed by atoms with Gasteiger partial charge in [0.15, 0.2) is 0 Å². The Morgan fingerprint density at radius 1 is 1.27 bits per heavy atom. The Morgan fingerprint density at radius 2 is 2.00 bits per heavy atom. The molecule has 3 rings (SSSR count). The highest BCUT2D eigenvalue weighted by molar-refractivity contribution is 5.80. The van der Waals surface area contributed by atoms with Gasteiger partial charge in [0.05, 0.1) is 5.41 Å². The average Bonchev–Trinajstić information content (AvgIpc) is 3.19. The molecule has 1 aromatic heterocycles. The van der Waals surface area contributed by atoms with Gasteiger partial charge in [0.25, 0.3) is 0 Å². The van der Waals surface area contributed by atoms with E-state index in [4.69, 9.17) is 5.11 Å². The molecule has 1 heterocycles. The second-order valence-corrected chi connectivity index (χ2v) is 5.37. The molecule has 1 amide bonds. The third-order valence-electron chi connectivity index (χ3n) is 3.70. The van der Waals surface area contributed by atoms with Crippen LogP contribution in [0.15, 0.2) is 30.3 Å². The van der Waals surface area contributed by atoms with Gasteiger partial charge >= 0.3 is 5.97 Å². The predicted molar refractivity (Wildman–Crippen MR) is 75.6 cm³/mol. The van der Waals surface area contributed by atoms with Gasteiger partial charge in [-0.25, -0.2) is 0 Å². The van der Waals surface area contributed by atoms with Gasteiger partial charge < -0.3 is 10.4 Å². The molecule has 1 saturated carbocycles. The third-order valence-corrected chi connectivity index (χ3v) is 3.70. The first kappa shape index (κ1) is 14.2. The zero-order valence-corrected chi connectivity index (χ0v) is 11.8. The number of benzene rings is 1. The molecular weight excluding hydrogens is 286 g/mol. The summed E-state index contributed by atoms with van der Waals surface area (Å²) in [6, 6.07) is 9.32. The van der Waals surface area contributed by atoms with Crippen molar-refractivity contribution in [3.63, 3.8) is 0 Å². The van der Waals surface area contributed by atoms with Crippen LogP contribution in [0.5, 0.6) is 0 Å². The Balaban J connectivity index is 1.56. The van der Waals surface area contributed by atoms with E-state index in [1.54, 1.807) is 0 Å². The lowest BCUT2D eigenvalue weighted by Crippen LogP contribution is -2.36. The molecule has 8 nitrogen and oxygen atoms in total. The lowest BCUT2D eigenvalue weighted by molar-refractivity contribution is -0.143. The second-order valence-electron chi connectivity index (χ2n) is 5.37. The first-order valence-corrected chi connectivity index (χ1v) is 6.92. The molecule has 0 unspecified atom stereocenters. The molecule has 1 aromatic carbocycles. The van der Waals surface area contributed by atoms with Crippen molar-refractivity contribution in [2.45, 2.75) is 19.4 Å². The van der Waals surface area contributed by atoms with Gasteiger partial charge in [-0.3, -0.25) is 9.59 Å². The topological polar surface area (TPSA) is 110 Å². The van der Waals surface area contributed by atoms with Crippen molar-refractivity contribution in [3.05, 3.63) is 30.3 Å². The summed E-state index contributed by atoms with van der Waals surface area (Å²) in [7, 11) is 0. The van der Waals surface area contributed by atoms with Gasteiger partial charge in [0.2, 0.25) is 11.7 Å². The maximum absolute atomic E-state index is 11.8. The number of carboxylic acid groups (broad SMARTS) is 1. The summed E-state index contributed by atoms with van der Waals surface area (Å²) < 4.78 is 0. The Bertz CT molecular complexity index is 694. The highest BCUT2D eigenvalue weighted by Crippen LogP contribution is 2.45. The zero-order chi connectivity index (χ0) is 15.6. The van der Waals surface area contributed by atoms with Crippen LogP contribution in [-0.2, 0) is 16.1 Å². The van der Waals surface area contributed by atoms with Crippen LogP contribution in [0.4, 0.5) is 0 Å². The van der Waals surface area contributed by atoms with Gasteiger partial charge in [-0.05, 0) is 18.1 Å². The molecule has 114 valence electrons. The fourth-order valence-corrected chi connectivity index (χ4v) is 2.08. The minimum absolute atomic E-state index is 0.0878. The van der Waals surface area contributed by atoms with E-state index in [9.17, 15) is 9.59 Å². The molecule has 1 aliphatic carbocycles. The summed E-state index contributed by atoms with van der Waals surface area (Å²) in [4.78, 5) is 24.0. The van der Waals surface area contributed by atoms with Crippen LogP contribution < -0.4 is 5.32 Å². The standard InChI is InChI=1S/C14H15N5O3/c20-11(15-9-14(6-7-14)13(21)22)8-19-17-12(16-18-19)10-4-2-1-3-5-10/h1-5H,6-9H2,(H,15,20)(H,21,22). The number of nitrogens with one attached hydrogen (secondary N) is 1. The van der Waals surface area contributed by atoms with E-state index in [0.717, 1.165) is 5.56 Å². The lowest BCUT2D eigenvalue weighted by atomic mass is 10.1. The second kappa shape index (κ2) is 5.55. The molecule has 2 N–H and O–H groups in total. The summed E-state index contributed by atoms with van der Waals surface area (Å²) in [6.07, 6.45) is 1.20. The molecule has 1 aliphatic rings. The molecule has 0 aliphatic heterocycles. The minimum atomic E-state index is -0.863. The van der Waals surface area contributed by atoms with Crippen LogP contribution >= 0.6 is 0 Å². The van der Waals surface area contributed by atoms with E-state index >= 15 is 0 Å². The fourth-order valence-electron chi connectivity index (χ4n) is 2.08. The largest absolute Gasteiger partial charge is 0.481 e. The summed E-state index contributed by atoms with van der Waals surface area (Å²) in [5.74, 6) is -0.750. The van der Waals surface area contributed by atoms with E-state index < -0.39 is 11.4 Å². The molecule has 0 radical (unpaired) electrons. The van der Waals surface area contributed by atoms with Gasteiger partial charge in [0, 0.05) is 12.1 Å². The number of amides is 1. The van der Waals surface area contributed by atoms with Gasteiger partial charge in [0.1, 0.15) is 6.54 Å². The average molecular weight is 301 g/mol. The summed E-state index contributed by atoms with van der Waals surface area (Å²) >= 11 is 0. The molecule has 2 aromatic rings. The van der Waals surface area contributed by atoms with Gasteiger partial charge in [-0.1, -0.05) is 30.3 Å². The Labute approximate surface area is 126 Å². The Morgan fingerprint density at radius 3 is 2.64 bits per heavy atom. The maximum atomic E-state index is 11.8. The first-order chi connectivity index (χ1) is 10.6. The molecule has 8 heteroatoms. The quantitative estimate of drug-likeness (QED) is 0.795. The Hall–Kier alpha value is -2.77.